The van der Waals surface area contributed by atoms with Crippen LogP contribution in [0.5, 0.6) is 0 Å². The molecule has 100 valence electrons. The van der Waals surface area contributed by atoms with Crippen LogP contribution in [0.3, 0.4) is 0 Å². The van der Waals surface area contributed by atoms with Crippen molar-refractivity contribution in [2.45, 2.75) is 19.8 Å². The number of anilines is 1. The number of nitrogens with zero attached hydrogens (tertiary/aromatic N) is 1. The zero-order valence-corrected chi connectivity index (χ0v) is 12.0. The Bertz CT molecular complexity index is 561. The van der Waals surface area contributed by atoms with E-state index in [0.29, 0.717) is 11.0 Å². The number of hydrogen-bond acceptors (Lipinski definition) is 4. The molecule has 1 N–H and O–H groups in total. The lowest BCUT2D eigenvalue weighted by Crippen LogP contribution is -2.10. The van der Waals surface area contributed by atoms with E-state index in [-0.39, 0.29) is 0 Å². The summed E-state index contributed by atoms with van der Waals surface area (Å²) in [5, 5.41) is 5.01. The van der Waals surface area contributed by atoms with Crippen LogP contribution < -0.4 is 5.32 Å². The number of carbonyl (C=O) groups excluding carboxylic acids is 1. The molecule has 1 aromatic carbocycles. The van der Waals surface area contributed by atoms with Gasteiger partial charge >= 0.3 is 6.09 Å². The molecular formula is C14H16N2O2S. The molecule has 0 fully saturated rings. The molecule has 1 heterocycles. The quantitative estimate of drug-likeness (QED) is 0.917. The van der Waals surface area contributed by atoms with E-state index in [1.54, 1.807) is 0 Å². The fraction of sp³-hybridized carbons (Fsp3) is 0.286. The van der Waals surface area contributed by atoms with E-state index in [2.05, 4.69) is 41.0 Å². The summed E-state index contributed by atoms with van der Waals surface area (Å²) in [7, 11) is 1.33. The molecule has 2 aromatic rings. The summed E-state index contributed by atoms with van der Waals surface area (Å²) in [5.74, 6) is 0.515. The minimum absolute atomic E-state index is 0.504. The van der Waals surface area contributed by atoms with Gasteiger partial charge in [-0.05, 0) is 11.5 Å². The Morgan fingerprint density at radius 1 is 1.32 bits per heavy atom. The van der Waals surface area contributed by atoms with Gasteiger partial charge in [-0.25, -0.2) is 9.78 Å². The molecule has 4 nitrogen and oxygen atoms in total. The summed E-state index contributed by atoms with van der Waals surface area (Å²) in [4.78, 5) is 15.4. The molecule has 5 heteroatoms. The van der Waals surface area contributed by atoms with Crippen molar-refractivity contribution < 1.29 is 9.53 Å². The van der Waals surface area contributed by atoms with Crippen LogP contribution >= 0.6 is 11.3 Å². The number of amides is 1. The largest absolute Gasteiger partial charge is 0.453 e. The summed E-state index contributed by atoms with van der Waals surface area (Å²) >= 11 is 1.38. The summed E-state index contributed by atoms with van der Waals surface area (Å²) < 4.78 is 4.53. The van der Waals surface area contributed by atoms with Crippen LogP contribution in [0, 0.1) is 0 Å². The van der Waals surface area contributed by atoms with Crippen LogP contribution in [0.25, 0.3) is 11.3 Å². The van der Waals surface area contributed by atoms with Gasteiger partial charge in [-0.15, -0.1) is 11.3 Å². The van der Waals surface area contributed by atoms with E-state index in [1.807, 2.05) is 17.5 Å². The van der Waals surface area contributed by atoms with Crippen molar-refractivity contribution in [3.05, 3.63) is 35.2 Å². The summed E-state index contributed by atoms with van der Waals surface area (Å²) in [6, 6.07) is 8.30. The monoisotopic (exact) mass is 276 g/mol. The van der Waals surface area contributed by atoms with Gasteiger partial charge < -0.3 is 4.74 Å². The van der Waals surface area contributed by atoms with Gasteiger partial charge in [0.1, 0.15) is 0 Å². The smallest absolute Gasteiger partial charge is 0.413 e. The molecule has 1 amide bonds. The molecule has 0 saturated heterocycles. The van der Waals surface area contributed by atoms with Crippen molar-refractivity contribution in [2.75, 3.05) is 12.4 Å². The lowest BCUT2D eigenvalue weighted by atomic mass is 10.0. The molecule has 19 heavy (non-hydrogen) atoms. The Hall–Kier alpha value is -1.88. The fourth-order valence-electron chi connectivity index (χ4n) is 1.64. The topological polar surface area (TPSA) is 51.2 Å². The number of carbonyl (C=O) groups is 1. The number of nitrogens with one attached hydrogen (secondary N) is 1. The van der Waals surface area contributed by atoms with Gasteiger partial charge in [0.25, 0.3) is 0 Å². The lowest BCUT2D eigenvalue weighted by Gasteiger charge is -2.05. The number of ether oxygens (including phenoxy) is 1. The molecule has 0 spiro atoms. The standard InChI is InChI=1S/C14H16N2O2S/c1-9(2)10-4-6-11(7-5-10)12-8-19-13(15-12)16-14(17)18-3/h4-9H,1-3H3,(H,15,16,17). The average Bonchev–Trinajstić information content (AvgIpc) is 2.87. The SMILES string of the molecule is COC(=O)Nc1nc(-c2ccc(C(C)C)cc2)cs1. The molecule has 0 aliphatic heterocycles. The van der Waals surface area contributed by atoms with Crippen molar-refractivity contribution in [2.24, 2.45) is 0 Å². The Balaban J connectivity index is 2.16. The van der Waals surface area contributed by atoms with Crippen molar-refractivity contribution in [1.82, 2.24) is 4.98 Å². The highest BCUT2D eigenvalue weighted by Gasteiger charge is 2.08. The second-order valence-corrected chi connectivity index (χ2v) is 5.29. The second-order valence-electron chi connectivity index (χ2n) is 4.43. The van der Waals surface area contributed by atoms with E-state index in [1.165, 1.54) is 24.0 Å². The van der Waals surface area contributed by atoms with Crippen molar-refractivity contribution >= 4 is 22.6 Å². The van der Waals surface area contributed by atoms with Crippen LogP contribution in [-0.2, 0) is 4.74 Å². The van der Waals surface area contributed by atoms with Gasteiger partial charge in [-0.1, -0.05) is 38.1 Å². The van der Waals surface area contributed by atoms with Crippen molar-refractivity contribution in [3.8, 4) is 11.3 Å². The third kappa shape index (κ3) is 3.32. The molecule has 0 radical (unpaired) electrons. The van der Waals surface area contributed by atoms with Gasteiger partial charge in [0.15, 0.2) is 5.13 Å². The number of methoxy groups -OCH3 is 1. The lowest BCUT2D eigenvalue weighted by molar-refractivity contribution is 0.187. The number of rotatable bonds is 3. The Kier molecular flexibility index (Phi) is 4.16. The third-order valence-corrected chi connectivity index (χ3v) is 3.53. The first kappa shape index (κ1) is 13.5. The summed E-state index contributed by atoms with van der Waals surface area (Å²) in [5.41, 5.74) is 3.19. The Labute approximate surface area is 116 Å². The van der Waals surface area contributed by atoms with E-state index in [0.717, 1.165) is 11.3 Å². The molecule has 0 saturated carbocycles. The number of aromatic nitrogens is 1. The van der Waals surface area contributed by atoms with Gasteiger partial charge in [0.05, 0.1) is 12.8 Å². The minimum Gasteiger partial charge on any atom is -0.453 e. The fourth-order valence-corrected chi connectivity index (χ4v) is 2.35. The van der Waals surface area contributed by atoms with E-state index >= 15 is 0 Å². The van der Waals surface area contributed by atoms with Gasteiger partial charge in [0, 0.05) is 10.9 Å². The first-order valence-corrected chi connectivity index (χ1v) is 6.89. The van der Waals surface area contributed by atoms with E-state index < -0.39 is 6.09 Å². The normalized spacial score (nSPS) is 10.5. The summed E-state index contributed by atoms with van der Waals surface area (Å²) in [6.45, 7) is 4.33. The maximum Gasteiger partial charge on any atom is 0.413 e. The molecule has 0 aliphatic carbocycles. The van der Waals surface area contributed by atoms with Crippen LogP contribution in [0.15, 0.2) is 29.6 Å². The first-order chi connectivity index (χ1) is 9.10. The molecule has 1 aromatic heterocycles. The Morgan fingerprint density at radius 2 is 2.00 bits per heavy atom. The van der Waals surface area contributed by atoms with E-state index in [9.17, 15) is 4.79 Å². The molecule has 0 atom stereocenters. The molecule has 2 rings (SSSR count). The van der Waals surface area contributed by atoms with Crippen LogP contribution in [-0.4, -0.2) is 18.2 Å². The highest BCUT2D eigenvalue weighted by Crippen LogP contribution is 2.26. The number of benzene rings is 1. The number of hydrogen-bond donors (Lipinski definition) is 1. The van der Waals surface area contributed by atoms with Crippen LogP contribution in [0.2, 0.25) is 0 Å². The minimum atomic E-state index is -0.504. The van der Waals surface area contributed by atoms with Gasteiger partial charge in [-0.3, -0.25) is 5.32 Å². The first-order valence-electron chi connectivity index (χ1n) is 6.01. The average molecular weight is 276 g/mol. The third-order valence-electron chi connectivity index (χ3n) is 2.77. The van der Waals surface area contributed by atoms with Crippen LogP contribution in [0.1, 0.15) is 25.3 Å². The predicted octanol–water partition coefficient (Wildman–Crippen LogP) is 4.11. The maximum absolute atomic E-state index is 11.1. The zero-order valence-electron chi connectivity index (χ0n) is 11.1. The second kappa shape index (κ2) is 5.84. The number of thiazole rings is 1. The maximum atomic E-state index is 11.1. The van der Waals surface area contributed by atoms with Crippen molar-refractivity contribution in [3.63, 3.8) is 0 Å². The van der Waals surface area contributed by atoms with Gasteiger partial charge in [-0.2, -0.15) is 0 Å². The highest BCUT2D eigenvalue weighted by atomic mass is 32.1. The summed E-state index contributed by atoms with van der Waals surface area (Å²) in [6.07, 6.45) is -0.504. The van der Waals surface area contributed by atoms with Crippen LogP contribution in [0.4, 0.5) is 9.93 Å². The van der Waals surface area contributed by atoms with E-state index in [4.69, 9.17) is 0 Å². The molecule has 0 bridgehead atoms. The molecule has 0 unspecified atom stereocenters. The zero-order chi connectivity index (χ0) is 13.8. The molecular weight excluding hydrogens is 260 g/mol. The van der Waals surface area contributed by atoms with Gasteiger partial charge in [0.2, 0.25) is 0 Å². The highest BCUT2D eigenvalue weighted by molar-refractivity contribution is 7.14. The molecule has 0 aliphatic rings. The Morgan fingerprint density at radius 3 is 2.58 bits per heavy atom. The van der Waals surface area contributed by atoms with Crippen molar-refractivity contribution in [1.29, 1.82) is 0 Å². The predicted molar refractivity (Wildman–Crippen MR) is 77.7 cm³/mol.